The van der Waals surface area contributed by atoms with Crippen LogP contribution in [0.25, 0.3) is 10.7 Å². The summed E-state index contributed by atoms with van der Waals surface area (Å²) in [7, 11) is 0. The molecule has 0 aliphatic rings. The van der Waals surface area contributed by atoms with Gasteiger partial charge in [0.15, 0.2) is 5.76 Å². The Bertz CT molecular complexity index is 1300. The van der Waals surface area contributed by atoms with Crippen LogP contribution in [0.4, 0.5) is 24.5 Å². The number of benzene rings is 1. The van der Waals surface area contributed by atoms with Gasteiger partial charge in [-0.3, -0.25) is 14.6 Å². The van der Waals surface area contributed by atoms with Crippen molar-refractivity contribution in [1.82, 2.24) is 9.97 Å². The van der Waals surface area contributed by atoms with E-state index in [9.17, 15) is 22.8 Å². The van der Waals surface area contributed by atoms with Crippen molar-refractivity contribution in [1.29, 1.82) is 0 Å². The number of hydrogen-bond acceptors (Lipinski definition) is 6. The van der Waals surface area contributed by atoms with Gasteiger partial charge in [-0.15, -0.1) is 11.3 Å². The maximum Gasteiger partial charge on any atom is 0.418 e. The Morgan fingerprint density at radius 3 is 2.52 bits per heavy atom. The molecule has 0 unspecified atom stereocenters. The molecule has 0 bridgehead atoms. The van der Waals surface area contributed by atoms with Gasteiger partial charge < -0.3 is 15.1 Å². The highest BCUT2D eigenvalue weighted by molar-refractivity contribution is 7.17. The molecule has 3 heterocycles. The number of aromatic nitrogens is 2. The fourth-order valence-electron chi connectivity index (χ4n) is 2.95. The number of aryl methyl sites for hydroxylation is 1. The first-order chi connectivity index (χ1) is 15.7. The number of furan rings is 1. The molecule has 2 amide bonds. The van der Waals surface area contributed by atoms with E-state index in [1.807, 2.05) is 0 Å². The van der Waals surface area contributed by atoms with Gasteiger partial charge in [0.25, 0.3) is 11.8 Å². The largest absolute Gasteiger partial charge is 0.459 e. The van der Waals surface area contributed by atoms with Crippen molar-refractivity contribution in [2.75, 3.05) is 10.6 Å². The van der Waals surface area contributed by atoms with Crippen molar-refractivity contribution in [3.63, 3.8) is 0 Å². The Hall–Kier alpha value is -3.99. The topological polar surface area (TPSA) is 97.1 Å². The van der Waals surface area contributed by atoms with Gasteiger partial charge in [0.1, 0.15) is 9.88 Å². The molecule has 0 fully saturated rings. The maximum absolute atomic E-state index is 13.7. The fraction of sp³-hybridized carbons (Fsp3) is 0.0909. The predicted molar refractivity (Wildman–Crippen MR) is 116 cm³/mol. The lowest BCUT2D eigenvalue weighted by Gasteiger charge is -2.15. The molecular formula is C22H15F3N4O3S. The number of pyridine rings is 1. The molecule has 1 aromatic carbocycles. The van der Waals surface area contributed by atoms with Gasteiger partial charge in [-0.1, -0.05) is 6.07 Å². The van der Waals surface area contributed by atoms with Gasteiger partial charge in [0.2, 0.25) is 0 Å². The zero-order valence-corrected chi connectivity index (χ0v) is 17.8. The second-order valence-corrected chi connectivity index (χ2v) is 7.79. The summed E-state index contributed by atoms with van der Waals surface area (Å²) in [6.45, 7) is 1.59. The second-order valence-electron chi connectivity index (χ2n) is 6.79. The fourth-order valence-corrected chi connectivity index (χ4v) is 3.89. The highest BCUT2D eigenvalue weighted by atomic mass is 32.1. The van der Waals surface area contributed by atoms with Gasteiger partial charge in [-0.05, 0) is 49.4 Å². The van der Waals surface area contributed by atoms with E-state index in [0.29, 0.717) is 16.4 Å². The molecule has 0 aliphatic heterocycles. The van der Waals surface area contributed by atoms with Gasteiger partial charge in [0.05, 0.1) is 28.9 Å². The minimum Gasteiger partial charge on any atom is -0.459 e. The van der Waals surface area contributed by atoms with Crippen LogP contribution in [0.15, 0.2) is 65.4 Å². The summed E-state index contributed by atoms with van der Waals surface area (Å²) >= 11 is 1.03. The van der Waals surface area contributed by atoms with Crippen LogP contribution in [0.1, 0.15) is 31.5 Å². The smallest absolute Gasteiger partial charge is 0.418 e. The standard InChI is InChI=1S/C22H15F3N4O3S/c1-12-18(33-21(27-12)16-5-2-3-9-26-16)20(31)29-15-8-7-13(11-14(15)22(23,24)25)28-19(30)17-6-4-10-32-17/h2-11H,1H3,(H,28,30)(H,29,31). The molecule has 0 spiro atoms. The average molecular weight is 472 g/mol. The third-order valence-corrected chi connectivity index (χ3v) is 5.64. The Kier molecular flexibility index (Phi) is 5.97. The Morgan fingerprint density at radius 1 is 1.03 bits per heavy atom. The first kappa shape index (κ1) is 22.2. The normalized spacial score (nSPS) is 11.3. The Balaban J connectivity index is 1.59. The van der Waals surface area contributed by atoms with Crippen molar-refractivity contribution in [3.8, 4) is 10.7 Å². The summed E-state index contributed by atoms with van der Waals surface area (Å²) in [5.74, 6) is -1.48. The highest BCUT2D eigenvalue weighted by Gasteiger charge is 2.35. The molecule has 4 rings (SSSR count). The van der Waals surface area contributed by atoms with Crippen LogP contribution in [0.3, 0.4) is 0 Å². The average Bonchev–Trinajstić information content (AvgIpc) is 3.45. The number of alkyl halides is 3. The van der Waals surface area contributed by atoms with Crippen molar-refractivity contribution < 1.29 is 27.2 Å². The monoisotopic (exact) mass is 472 g/mol. The van der Waals surface area contributed by atoms with Crippen LogP contribution in [-0.4, -0.2) is 21.8 Å². The number of amides is 2. The molecule has 0 saturated heterocycles. The molecule has 0 radical (unpaired) electrons. The summed E-state index contributed by atoms with van der Waals surface area (Å²) < 4.78 is 46.0. The molecule has 11 heteroatoms. The summed E-state index contributed by atoms with van der Waals surface area (Å²) in [6.07, 6.45) is -1.93. The number of nitrogens with zero attached hydrogens (tertiary/aromatic N) is 2. The number of thiazole rings is 1. The third-order valence-electron chi connectivity index (χ3n) is 4.46. The summed E-state index contributed by atoms with van der Waals surface area (Å²) in [5, 5.41) is 5.12. The Labute approximate surface area is 189 Å². The van der Waals surface area contributed by atoms with E-state index < -0.39 is 29.2 Å². The van der Waals surface area contributed by atoms with Crippen molar-refractivity contribution >= 4 is 34.5 Å². The molecule has 168 valence electrons. The molecular weight excluding hydrogens is 457 g/mol. The zero-order valence-electron chi connectivity index (χ0n) is 16.9. The predicted octanol–water partition coefficient (Wildman–Crippen LogP) is 5.63. The minimum atomic E-state index is -4.78. The maximum atomic E-state index is 13.7. The van der Waals surface area contributed by atoms with E-state index in [4.69, 9.17) is 4.42 Å². The van der Waals surface area contributed by atoms with E-state index >= 15 is 0 Å². The molecule has 4 aromatic rings. The molecule has 2 N–H and O–H groups in total. The second kappa shape index (κ2) is 8.87. The van der Waals surface area contributed by atoms with Crippen molar-refractivity contribution in [3.05, 3.63) is 82.9 Å². The number of anilines is 2. The Morgan fingerprint density at radius 2 is 1.85 bits per heavy atom. The number of carbonyl (C=O) groups is 2. The number of rotatable bonds is 5. The molecule has 0 aliphatic carbocycles. The first-order valence-corrected chi connectivity index (χ1v) is 10.3. The summed E-state index contributed by atoms with van der Waals surface area (Å²) in [4.78, 5) is 33.5. The van der Waals surface area contributed by atoms with Crippen LogP contribution >= 0.6 is 11.3 Å². The van der Waals surface area contributed by atoms with E-state index in [0.717, 1.165) is 23.5 Å². The lowest BCUT2D eigenvalue weighted by Crippen LogP contribution is -2.18. The van der Waals surface area contributed by atoms with Crippen LogP contribution < -0.4 is 10.6 Å². The number of halogens is 3. The highest BCUT2D eigenvalue weighted by Crippen LogP contribution is 2.37. The molecule has 0 saturated carbocycles. The van der Waals surface area contributed by atoms with Crippen molar-refractivity contribution in [2.45, 2.75) is 13.1 Å². The van der Waals surface area contributed by atoms with E-state index in [1.54, 1.807) is 31.3 Å². The molecule has 33 heavy (non-hydrogen) atoms. The van der Waals surface area contributed by atoms with Crippen molar-refractivity contribution in [2.24, 2.45) is 0 Å². The zero-order chi connectivity index (χ0) is 23.6. The van der Waals surface area contributed by atoms with Crippen LogP contribution in [-0.2, 0) is 6.18 Å². The van der Waals surface area contributed by atoms with E-state index in [2.05, 4.69) is 20.6 Å². The SMILES string of the molecule is Cc1nc(-c2ccccn2)sc1C(=O)Nc1ccc(NC(=O)c2ccco2)cc1C(F)(F)F. The number of nitrogens with one attached hydrogen (secondary N) is 2. The van der Waals surface area contributed by atoms with E-state index in [-0.39, 0.29) is 16.3 Å². The van der Waals surface area contributed by atoms with Gasteiger partial charge in [0, 0.05) is 11.9 Å². The van der Waals surface area contributed by atoms with Gasteiger partial charge >= 0.3 is 6.18 Å². The molecule has 3 aromatic heterocycles. The van der Waals surface area contributed by atoms with Crippen LogP contribution in [0.5, 0.6) is 0 Å². The van der Waals surface area contributed by atoms with Crippen LogP contribution in [0, 0.1) is 6.92 Å². The summed E-state index contributed by atoms with van der Waals surface area (Å²) in [6, 6.07) is 11.2. The summed E-state index contributed by atoms with van der Waals surface area (Å²) in [5.41, 5.74) is -0.740. The van der Waals surface area contributed by atoms with E-state index in [1.165, 1.54) is 24.5 Å². The minimum absolute atomic E-state index is 0.0506. The molecule has 0 atom stereocenters. The van der Waals surface area contributed by atoms with Crippen LogP contribution in [0.2, 0.25) is 0 Å². The molecule has 7 nitrogen and oxygen atoms in total. The quantitative estimate of drug-likeness (QED) is 0.392. The number of carbonyl (C=O) groups excluding carboxylic acids is 2. The lowest BCUT2D eigenvalue weighted by molar-refractivity contribution is -0.136. The number of hydrogen-bond donors (Lipinski definition) is 2. The van der Waals surface area contributed by atoms with Gasteiger partial charge in [-0.25, -0.2) is 4.98 Å². The van der Waals surface area contributed by atoms with Gasteiger partial charge in [-0.2, -0.15) is 13.2 Å². The third kappa shape index (κ3) is 4.93. The lowest BCUT2D eigenvalue weighted by atomic mass is 10.1. The first-order valence-electron chi connectivity index (χ1n) is 9.48.